The summed E-state index contributed by atoms with van der Waals surface area (Å²) in [5.41, 5.74) is 0.440. The van der Waals surface area contributed by atoms with Crippen molar-refractivity contribution in [2.45, 2.75) is 0 Å². The Morgan fingerprint density at radius 1 is 0.778 bits per heavy atom. The van der Waals surface area contributed by atoms with Crippen LogP contribution in [0, 0.1) is 0 Å². The molecule has 3 nitrogen and oxygen atoms in total. The fourth-order valence-corrected chi connectivity index (χ4v) is 1.15. The minimum atomic E-state index is -1.38. The van der Waals surface area contributed by atoms with Crippen LogP contribution in [-0.2, 0) is 0 Å². The second-order valence-corrected chi connectivity index (χ2v) is 3.31. The van der Waals surface area contributed by atoms with Crippen molar-refractivity contribution in [3.63, 3.8) is 0 Å². The molecule has 0 aliphatic rings. The number of carboxylic acid groups (broad SMARTS) is 1. The van der Waals surface area contributed by atoms with Crippen LogP contribution >= 0.6 is 0 Å². The Bertz CT molecular complexity index is 460. The lowest BCUT2D eigenvalue weighted by molar-refractivity contribution is 0.0696. The third kappa shape index (κ3) is 4.57. The second-order valence-electron chi connectivity index (χ2n) is 3.31. The van der Waals surface area contributed by atoms with Crippen LogP contribution in [0.2, 0.25) is 0 Å². The van der Waals surface area contributed by atoms with Gasteiger partial charge in [-0.15, -0.1) is 0 Å². The van der Waals surface area contributed by atoms with Gasteiger partial charge < -0.3 is 5.11 Å². The minimum absolute atomic E-state index is 0.109. The molecule has 0 radical (unpaired) electrons. The van der Waals surface area contributed by atoms with Crippen LogP contribution in [0.1, 0.15) is 20.7 Å². The number of carbonyl (C=O) groups excluding carboxylic acids is 1. The van der Waals surface area contributed by atoms with E-state index < -0.39 is 12.0 Å². The van der Waals surface area contributed by atoms with Crippen LogP contribution in [-0.4, -0.2) is 17.1 Å². The Labute approximate surface area is 104 Å². The number of carboxylic acids is 1. The predicted molar refractivity (Wildman–Crippen MR) is 65.3 cm³/mol. The van der Waals surface area contributed by atoms with Crippen molar-refractivity contribution in [2.75, 3.05) is 0 Å². The highest BCUT2D eigenvalue weighted by Crippen LogP contribution is 1.99. The number of halogens is 1. The predicted octanol–water partition coefficient (Wildman–Crippen LogP) is 3.18. The van der Waals surface area contributed by atoms with Gasteiger partial charge in [0.25, 0.3) is 0 Å². The average molecular weight is 246 g/mol. The molecule has 2 aromatic carbocycles. The molecule has 92 valence electrons. The molecule has 0 heterocycles. The van der Waals surface area contributed by atoms with E-state index in [1.54, 1.807) is 48.5 Å². The third-order valence-corrected chi connectivity index (χ3v) is 2.02. The topological polar surface area (TPSA) is 54.4 Å². The van der Waals surface area contributed by atoms with Crippen molar-refractivity contribution in [1.29, 1.82) is 0 Å². The lowest BCUT2D eigenvalue weighted by Gasteiger charge is -1.88. The summed E-state index contributed by atoms with van der Waals surface area (Å²) in [6.45, 7) is 0. The summed E-state index contributed by atoms with van der Waals surface area (Å²) in [5.74, 6) is -0.879. The third-order valence-electron chi connectivity index (χ3n) is 2.02. The van der Waals surface area contributed by atoms with E-state index in [9.17, 15) is 14.0 Å². The van der Waals surface area contributed by atoms with Gasteiger partial charge in [-0.1, -0.05) is 36.4 Å². The summed E-state index contributed by atoms with van der Waals surface area (Å²) in [7, 11) is 0. The molecule has 0 atom stereocenters. The maximum atomic E-state index is 11.8. The molecule has 0 spiro atoms. The Morgan fingerprint density at radius 3 is 1.39 bits per heavy atom. The second kappa shape index (κ2) is 6.96. The van der Waals surface area contributed by atoms with Gasteiger partial charge in [0, 0.05) is 0 Å². The summed E-state index contributed by atoms with van der Waals surface area (Å²) in [5, 5.41) is 8.38. The molecule has 0 amide bonds. The van der Waals surface area contributed by atoms with Gasteiger partial charge in [-0.05, 0) is 24.3 Å². The van der Waals surface area contributed by atoms with Gasteiger partial charge in [-0.3, -0.25) is 4.79 Å². The van der Waals surface area contributed by atoms with E-state index in [1.807, 2.05) is 0 Å². The Hall–Kier alpha value is -2.49. The van der Waals surface area contributed by atoms with Crippen molar-refractivity contribution in [3.8, 4) is 0 Å². The molecule has 2 aromatic rings. The van der Waals surface area contributed by atoms with Crippen LogP contribution in [0.5, 0.6) is 0 Å². The summed E-state index contributed by atoms with van der Waals surface area (Å²) in [4.78, 5) is 20.2. The lowest BCUT2D eigenvalue weighted by Crippen LogP contribution is -1.93. The molecule has 0 fully saturated rings. The largest absolute Gasteiger partial charge is 0.478 e. The van der Waals surface area contributed by atoms with Crippen LogP contribution < -0.4 is 0 Å². The molecule has 0 aliphatic carbocycles. The van der Waals surface area contributed by atoms with Crippen molar-refractivity contribution in [3.05, 3.63) is 71.8 Å². The molecule has 2 rings (SSSR count). The highest BCUT2D eigenvalue weighted by Gasteiger charge is 1.98. The average Bonchev–Trinajstić information content (AvgIpc) is 2.41. The van der Waals surface area contributed by atoms with Crippen LogP contribution in [0.15, 0.2) is 60.7 Å². The first kappa shape index (κ1) is 13.6. The quantitative estimate of drug-likeness (QED) is 0.828. The van der Waals surface area contributed by atoms with Crippen molar-refractivity contribution in [2.24, 2.45) is 0 Å². The van der Waals surface area contributed by atoms with E-state index >= 15 is 0 Å². The number of hydrogen-bond acceptors (Lipinski definition) is 2. The summed E-state index contributed by atoms with van der Waals surface area (Å²) >= 11 is 0. The van der Waals surface area contributed by atoms with Gasteiger partial charge in [0.1, 0.15) is 0 Å². The van der Waals surface area contributed by atoms with Gasteiger partial charge in [0.2, 0.25) is 0 Å². The van der Waals surface area contributed by atoms with Gasteiger partial charge in [0.15, 0.2) is 0 Å². The first-order chi connectivity index (χ1) is 8.61. The zero-order valence-corrected chi connectivity index (χ0v) is 9.42. The molecule has 0 saturated carbocycles. The fourth-order valence-electron chi connectivity index (χ4n) is 1.15. The van der Waals surface area contributed by atoms with Gasteiger partial charge in [0.05, 0.1) is 11.1 Å². The summed E-state index contributed by atoms with van der Waals surface area (Å²) in [6, 6.07) is 14.7. The van der Waals surface area contributed by atoms with Crippen molar-refractivity contribution in [1.82, 2.24) is 0 Å². The van der Waals surface area contributed by atoms with Gasteiger partial charge in [-0.2, -0.15) is 4.39 Å². The van der Waals surface area contributed by atoms with Crippen LogP contribution in [0.25, 0.3) is 0 Å². The fraction of sp³-hybridized carbons (Fsp3) is 0. The summed E-state index contributed by atoms with van der Waals surface area (Å²) in [6.07, 6.45) is 0. The zero-order valence-electron chi connectivity index (χ0n) is 9.42. The first-order valence-electron chi connectivity index (χ1n) is 5.14. The van der Waals surface area contributed by atoms with E-state index in [4.69, 9.17) is 5.11 Å². The van der Waals surface area contributed by atoms with E-state index in [1.165, 1.54) is 12.1 Å². The zero-order chi connectivity index (χ0) is 13.4. The van der Waals surface area contributed by atoms with E-state index in [-0.39, 0.29) is 5.56 Å². The van der Waals surface area contributed by atoms with Gasteiger partial charge >= 0.3 is 12.0 Å². The molecule has 0 unspecified atom stereocenters. The highest BCUT2D eigenvalue weighted by atomic mass is 19.1. The SMILES string of the molecule is O=C(F)c1ccccc1.O=C(O)c1ccccc1. The minimum Gasteiger partial charge on any atom is -0.478 e. The van der Waals surface area contributed by atoms with E-state index in [2.05, 4.69) is 0 Å². The number of rotatable bonds is 2. The van der Waals surface area contributed by atoms with E-state index in [0.29, 0.717) is 5.56 Å². The monoisotopic (exact) mass is 246 g/mol. The number of benzene rings is 2. The summed E-state index contributed by atoms with van der Waals surface area (Å²) < 4.78 is 11.8. The smallest absolute Gasteiger partial charge is 0.335 e. The number of hydrogen-bond donors (Lipinski definition) is 1. The molecule has 0 aliphatic heterocycles. The molecular formula is C14H11FO3. The molecule has 4 heteroatoms. The molecule has 1 N–H and O–H groups in total. The van der Waals surface area contributed by atoms with E-state index in [0.717, 1.165) is 0 Å². The highest BCUT2D eigenvalue weighted by molar-refractivity contribution is 5.88. The maximum Gasteiger partial charge on any atom is 0.335 e. The maximum absolute atomic E-state index is 11.8. The molecule has 0 saturated heterocycles. The molecule has 18 heavy (non-hydrogen) atoms. The Morgan fingerprint density at radius 2 is 1.17 bits per heavy atom. The number of carbonyl (C=O) groups is 2. The van der Waals surface area contributed by atoms with Crippen molar-refractivity contribution >= 4 is 12.0 Å². The molecule has 0 aromatic heterocycles. The molecule has 0 bridgehead atoms. The Balaban J connectivity index is 0.000000180. The first-order valence-corrected chi connectivity index (χ1v) is 5.14. The Kier molecular flexibility index (Phi) is 5.25. The molecular weight excluding hydrogens is 235 g/mol. The number of aromatic carboxylic acids is 1. The normalized spacial score (nSPS) is 8.94. The van der Waals surface area contributed by atoms with Gasteiger partial charge in [-0.25, -0.2) is 4.79 Å². The lowest BCUT2D eigenvalue weighted by atomic mass is 10.2. The van der Waals surface area contributed by atoms with Crippen molar-refractivity contribution < 1.29 is 19.1 Å². The van der Waals surface area contributed by atoms with Crippen LogP contribution in [0.4, 0.5) is 4.39 Å². The van der Waals surface area contributed by atoms with Crippen LogP contribution in [0.3, 0.4) is 0 Å². The standard InChI is InChI=1S/C7H5FO.C7H6O2/c2*8-7(9)6-4-2-1-3-5-6/h1-5H;1-5H,(H,8,9).